The molecule has 7 atom stereocenters. The van der Waals surface area contributed by atoms with E-state index in [1.807, 2.05) is 32.2 Å². The standard InChI is InChI=1S/C45H54N8O7/c1-24(2)38(43(56)48-23-35(54)59-5)51-42(55)37-31-18-17-30(20-31)36(37)41-47-22-33(50-41)29-15-11-27(12-16-29)26-9-13-28(14-10-26)32-21-46-40(49-32)34-8-7-19-53(34)44(57)39(25(3)4)52-45(58)60-6/h9-16,21-22,24,30-31,34,36-39H,3,7-8,17-20,23H2,1-2,4-6H3,(H,46,49)(H,47,50)(H,48,56)(H,51,55)(H,52,58)/t30-,31+,34-,36+,37+,38+,39-/m0/s1. The highest BCUT2D eigenvalue weighted by molar-refractivity contribution is 5.91. The van der Waals surface area contributed by atoms with E-state index in [9.17, 15) is 24.0 Å². The number of hydrogen-bond donors (Lipinski definition) is 5. The van der Waals surface area contributed by atoms with E-state index >= 15 is 0 Å². The molecule has 15 nitrogen and oxygen atoms in total. The van der Waals surface area contributed by atoms with E-state index in [1.165, 1.54) is 14.2 Å². The van der Waals surface area contributed by atoms with Gasteiger partial charge in [0, 0.05) is 12.5 Å². The molecule has 0 spiro atoms. The number of ether oxygens (including phenoxy) is 2. The molecule has 2 aliphatic carbocycles. The fourth-order valence-corrected chi connectivity index (χ4v) is 9.23. The van der Waals surface area contributed by atoms with Gasteiger partial charge < -0.3 is 40.3 Å². The lowest BCUT2D eigenvalue weighted by molar-refractivity contribution is -0.141. The van der Waals surface area contributed by atoms with Crippen LogP contribution in [0.2, 0.25) is 0 Å². The van der Waals surface area contributed by atoms with Crippen LogP contribution in [-0.4, -0.2) is 94.0 Å². The topological polar surface area (TPSA) is 200 Å². The molecule has 1 saturated heterocycles. The van der Waals surface area contributed by atoms with Crippen LogP contribution in [0, 0.1) is 23.7 Å². The van der Waals surface area contributed by atoms with E-state index in [1.54, 1.807) is 18.0 Å². The Morgan fingerprint density at radius 1 is 0.817 bits per heavy atom. The van der Waals surface area contributed by atoms with Crippen LogP contribution in [0.1, 0.15) is 76.5 Å². The normalized spacial score (nSPS) is 21.6. The largest absolute Gasteiger partial charge is 0.468 e. The van der Waals surface area contributed by atoms with Gasteiger partial charge in [0.15, 0.2) is 0 Å². The molecule has 2 bridgehead atoms. The minimum Gasteiger partial charge on any atom is -0.468 e. The Morgan fingerprint density at radius 2 is 1.40 bits per heavy atom. The number of aromatic amines is 2. The smallest absolute Gasteiger partial charge is 0.407 e. The van der Waals surface area contributed by atoms with Gasteiger partial charge in [-0.2, -0.15) is 0 Å². The summed E-state index contributed by atoms with van der Waals surface area (Å²) in [5.74, 6) is 0.0652. The van der Waals surface area contributed by atoms with Gasteiger partial charge in [-0.1, -0.05) is 69.0 Å². The Labute approximate surface area is 349 Å². The molecule has 4 aromatic rings. The number of benzene rings is 2. The van der Waals surface area contributed by atoms with Gasteiger partial charge in [0.2, 0.25) is 17.7 Å². The molecular formula is C45H54N8O7. The molecule has 1 aliphatic heterocycles. The van der Waals surface area contributed by atoms with E-state index < -0.39 is 30.1 Å². The highest BCUT2D eigenvalue weighted by Crippen LogP contribution is 2.56. The minimum atomic E-state index is -0.889. The zero-order valence-electron chi connectivity index (χ0n) is 34.7. The Kier molecular flexibility index (Phi) is 12.5. The van der Waals surface area contributed by atoms with Crippen LogP contribution in [0.3, 0.4) is 0 Å². The first-order valence-corrected chi connectivity index (χ1v) is 20.6. The van der Waals surface area contributed by atoms with Crippen LogP contribution >= 0.6 is 0 Å². The number of nitrogens with zero attached hydrogens (tertiary/aromatic N) is 3. The monoisotopic (exact) mass is 818 g/mol. The molecule has 60 heavy (non-hydrogen) atoms. The van der Waals surface area contributed by atoms with E-state index in [4.69, 9.17) is 9.72 Å². The summed E-state index contributed by atoms with van der Waals surface area (Å²) in [5, 5.41) is 8.19. The molecule has 3 fully saturated rings. The van der Waals surface area contributed by atoms with Crippen molar-refractivity contribution in [1.82, 2.24) is 40.8 Å². The molecule has 3 aliphatic rings. The first kappa shape index (κ1) is 41.9. The molecule has 316 valence electrons. The molecule has 3 heterocycles. The quantitative estimate of drug-likeness (QED) is 0.0787. The van der Waals surface area contributed by atoms with E-state index in [2.05, 4.69) is 78.6 Å². The molecule has 7 rings (SSSR count). The summed E-state index contributed by atoms with van der Waals surface area (Å²) in [6.45, 7) is 9.62. The van der Waals surface area contributed by atoms with Crippen molar-refractivity contribution in [3.05, 3.63) is 84.7 Å². The van der Waals surface area contributed by atoms with Crippen molar-refractivity contribution in [1.29, 1.82) is 0 Å². The number of hydrogen-bond acceptors (Lipinski definition) is 9. The van der Waals surface area contributed by atoms with Gasteiger partial charge in [-0.3, -0.25) is 19.2 Å². The van der Waals surface area contributed by atoms with Gasteiger partial charge in [-0.15, -0.1) is 0 Å². The van der Waals surface area contributed by atoms with E-state index in [0.29, 0.717) is 23.9 Å². The lowest BCUT2D eigenvalue weighted by atomic mass is 9.78. The third-order valence-electron chi connectivity index (χ3n) is 12.4. The van der Waals surface area contributed by atoms with E-state index in [0.717, 1.165) is 71.6 Å². The number of amides is 4. The van der Waals surface area contributed by atoms with Crippen molar-refractivity contribution in [2.45, 2.75) is 76.9 Å². The minimum absolute atomic E-state index is 0.0870. The first-order chi connectivity index (χ1) is 28.9. The number of aromatic nitrogens is 4. The summed E-state index contributed by atoms with van der Waals surface area (Å²) in [6.07, 6.45) is 7.43. The zero-order valence-corrected chi connectivity index (χ0v) is 34.7. The molecule has 2 aromatic heterocycles. The average molecular weight is 819 g/mol. The lowest BCUT2D eigenvalue weighted by Crippen LogP contribution is -2.53. The zero-order chi connectivity index (χ0) is 42.7. The Hall–Kier alpha value is -6.25. The molecular weight excluding hydrogens is 765 g/mol. The lowest BCUT2D eigenvalue weighted by Gasteiger charge is -2.31. The van der Waals surface area contributed by atoms with Gasteiger partial charge in [0.05, 0.1) is 50.0 Å². The second-order valence-electron chi connectivity index (χ2n) is 16.5. The summed E-state index contributed by atoms with van der Waals surface area (Å²) in [6, 6.07) is 14.5. The highest BCUT2D eigenvalue weighted by atomic mass is 16.5. The number of methoxy groups -OCH3 is 2. The van der Waals surface area contributed by atoms with Crippen molar-refractivity contribution in [2.75, 3.05) is 27.3 Å². The summed E-state index contributed by atoms with van der Waals surface area (Å²) in [5.41, 5.74) is 6.23. The van der Waals surface area contributed by atoms with Gasteiger partial charge in [0.1, 0.15) is 30.3 Å². The Bertz CT molecular complexity index is 2230. The predicted octanol–water partition coefficient (Wildman–Crippen LogP) is 5.66. The molecule has 0 unspecified atom stereocenters. The van der Waals surface area contributed by atoms with Gasteiger partial charge >= 0.3 is 12.1 Å². The summed E-state index contributed by atoms with van der Waals surface area (Å²) in [4.78, 5) is 82.1. The number of rotatable bonds is 14. The third-order valence-corrected chi connectivity index (χ3v) is 12.4. The van der Waals surface area contributed by atoms with Crippen molar-refractivity contribution in [3.8, 4) is 33.6 Å². The summed E-state index contributed by atoms with van der Waals surface area (Å²) < 4.78 is 9.36. The van der Waals surface area contributed by atoms with Crippen molar-refractivity contribution < 1.29 is 33.4 Å². The number of likely N-dealkylation sites (tertiary alicyclic amines) is 1. The number of alkyl carbamates (subject to hydrolysis) is 1. The van der Waals surface area contributed by atoms with Crippen LogP contribution in [0.5, 0.6) is 0 Å². The van der Waals surface area contributed by atoms with Crippen LogP contribution in [0.25, 0.3) is 33.6 Å². The third kappa shape index (κ3) is 8.70. The molecule has 4 amide bonds. The maximum Gasteiger partial charge on any atom is 0.407 e. The second-order valence-corrected chi connectivity index (χ2v) is 16.5. The summed E-state index contributed by atoms with van der Waals surface area (Å²) in [7, 11) is 2.52. The van der Waals surface area contributed by atoms with Gasteiger partial charge in [-0.25, -0.2) is 14.8 Å². The number of esters is 1. The van der Waals surface area contributed by atoms with Gasteiger partial charge in [-0.05, 0) is 84.6 Å². The molecule has 15 heteroatoms. The number of nitrogens with one attached hydrogen (secondary N) is 5. The average Bonchev–Trinajstić information content (AvgIpc) is 4.12. The fourth-order valence-electron chi connectivity index (χ4n) is 9.23. The van der Waals surface area contributed by atoms with Crippen molar-refractivity contribution in [3.63, 3.8) is 0 Å². The molecule has 5 N–H and O–H groups in total. The van der Waals surface area contributed by atoms with E-state index in [-0.39, 0.29) is 48.1 Å². The van der Waals surface area contributed by atoms with Crippen LogP contribution in [0.4, 0.5) is 4.79 Å². The number of fused-ring (bicyclic) bond motifs is 2. The van der Waals surface area contributed by atoms with Crippen LogP contribution in [0.15, 0.2) is 73.1 Å². The molecule has 2 aromatic carbocycles. The number of carbonyl (C=O) groups is 5. The second kappa shape index (κ2) is 17.9. The maximum absolute atomic E-state index is 13.9. The Balaban J connectivity index is 0.999. The fraction of sp³-hybridized carbons (Fsp3) is 0.444. The summed E-state index contributed by atoms with van der Waals surface area (Å²) >= 11 is 0. The molecule has 0 radical (unpaired) electrons. The molecule has 2 saturated carbocycles. The number of H-pyrrole nitrogens is 2. The van der Waals surface area contributed by atoms with Crippen molar-refractivity contribution >= 4 is 29.8 Å². The van der Waals surface area contributed by atoms with Crippen LogP contribution in [-0.2, 0) is 28.7 Å². The predicted molar refractivity (Wildman–Crippen MR) is 224 cm³/mol. The Morgan fingerprint density at radius 3 is 1.98 bits per heavy atom. The van der Waals surface area contributed by atoms with Crippen molar-refractivity contribution in [2.24, 2.45) is 23.7 Å². The first-order valence-electron chi connectivity index (χ1n) is 20.6. The van der Waals surface area contributed by atoms with Gasteiger partial charge in [0.25, 0.3) is 0 Å². The number of carbonyl (C=O) groups excluding carboxylic acids is 5. The SMILES string of the molecule is C=C(C)[C@H](NC(=O)OC)C(=O)N1CCC[C@H]1c1ncc(-c2ccc(-c3ccc(-c4cnc([C@@H]5[C@H]6CC[C@H](C6)[C@H]5C(=O)N[C@@H](C(=O)NCC(=O)OC)C(C)C)[nH]4)cc3)cc2)[nH]1. The van der Waals surface area contributed by atoms with Crippen LogP contribution < -0.4 is 16.0 Å². The number of imidazole rings is 2. The highest BCUT2D eigenvalue weighted by Gasteiger charge is 2.53. The maximum atomic E-state index is 13.9.